The minimum atomic E-state index is -0.173. The van der Waals surface area contributed by atoms with E-state index < -0.39 is 0 Å². The van der Waals surface area contributed by atoms with Crippen LogP contribution in [0.3, 0.4) is 0 Å². The largest absolute Gasteiger partial charge is 0.306 e. The standard InChI is InChI=1S/C23H19N5OS2/c1-13-8-21(26-22(29)16-6-7-17-19(11-16)30-12-24-17)28(27-13)23-25-18-9-14-4-2-3-5-15(14)10-20(18)31-23/h6-12H,2-5H2,1H3,(H,26,29). The Kier molecular flexibility index (Phi) is 4.36. The van der Waals surface area contributed by atoms with Gasteiger partial charge in [-0.15, -0.1) is 11.3 Å². The second-order valence-electron chi connectivity index (χ2n) is 7.86. The quantitative estimate of drug-likeness (QED) is 0.396. The Morgan fingerprint density at radius 3 is 2.74 bits per heavy atom. The third-order valence-corrected chi connectivity index (χ3v) is 7.47. The number of aromatic nitrogens is 4. The van der Waals surface area contributed by atoms with Crippen molar-refractivity contribution in [3.8, 4) is 5.13 Å². The Balaban J connectivity index is 1.35. The van der Waals surface area contributed by atoms with E-state index in [0.717, 1.165) is 44.1 Å². The van der Waals surface area contributed by atoms with Gasteiger partial charge in [0.1, 0.15) is 5.82 Å². The third-order valence-electron chi connectivity index (χ3n) is 5.69. The average molecular weight is 446 g/mol. The number of carbonyl (C=O) groups excluding carboxylic acids is 1. The van der Waals surface area contributed by atoms with Gasteiger partial charge in [-0.05, 0) is 74.1 Å². The SMILES string of the molecule is Cc1cc(NC(=O)c2ccc3ncsc3c2)n(-c2nc3cc4c(cc3s2)CCCC4)n1. The van der Waals surface area contributed by atoms with Gasteiger partial charge >= 0.3 is 0 Å². The number of hydrogen-bond donors (Lipinski definition) is 1. The van der Waals surface area contributed by atoms with Crippen LogP contribution in [-0.2, 0) is 12.8 Å². The number of fused-ring (bicyclic) bond motifs is 3. The van der Waals surface area contributed by atoms with Gasteiger partial charge in [-0.1, -0.05) is 11.3 Å². The number of benzene rings is 2. The lowest BCUT2D eigenvalue weighted by Crippen LogP contribution is -2.15. The molecule has 8 heteroatoms. The number of thiazole rings is 2. The zero-order valence-corrected chi connectivity index (χ0v) is 18.5. The molecule has 5 aromatic rings. The van der Waals surface area contributed by atoms with E-state index >= 15 is 0 Å². The highest BCUT2D eigenvalue weighted by atomic mass is 32.1. The molecule has 3 aromatic heterocycles. The zero-order valence-electron chi connectivity index (χ0n) is 16.9. The van der Waals surface area contributed by atoms with Gasteiger partial charge in [0.25, 0.3) is 5.91 Å². The summed E-state index contributed by atoms with van der Waals surface area (Å²) in [5.41, 5.74) is 7.97. The maximum Gasteiger partial charge on any atom is 0.256 e. The van der Waals surface area contributed by atoms with E-state index in [1.165, 1.54) is 35.3 Å². The summed E-state index contributed by atoms with van der Waals surface area (Å²) >= 11 is 3.13. The Morgan fingerprint density at radius 2 is 1.87 bits per heavy atom. The summed E-state index contributed by atoms with van der Waals surface area (Å²) < 4.78 is 3.89. The van der Waals surface area contributed by atoms with Crippen molar-refractivity contribution in [3.05, 3.63) is 64.3 Å². The third kappa shape index (κ3) is 3.32. The molecule has 0 bridgehead atoms. The van der Waals surface area contributed by atoms with Crippen LogP contribution in [0.5, 0.6) is 0 Å². The summed E-state index contributed by atoms with van der Waals surface area (Å²) in [4.78, 5) is 22.0. The van der Waals surface area contributed by atoms with Crippen LogP contribution < -0.4 is 5.32 Å². The van der Waals surface area contributed by atoms with Crippen molar-refractivity contribution in [1.82, 2.24) is 19.7 Å². The minimum absolute atomic E-state index is 0.173. The topological polar surface area (TPSA) is 72.7 Å². The first-order valence-corrected chi connectivity index (χ1v) is 12.0. The zero-order chi connectivity index (χ0) is 20.9. The smallest absolute Gasteiger partial charge is 0.256 e. The highest BCUT2D eigenvalue weighted by Gasteiger charge is 2.18. The number of hydrogen-bond acceptors (Lipinski definition) is 6. The molecule has 1 aliphatic carbocycles. The highest BCUT2D eigenvalue weighted by Crippen LogP contribution is 2.32. The van der Waals surface area contributed by atoms with Gasteiger partial charge in [0.2, 0.25) is 5.13 Å². The Bertz CT molecular complexity index is 1420. The minimum Gasteiger partial charge on any atom is -0.306 e. The maximum atomic E-state index is 12.9. The van der Waals surface area contributed by atoms with Gasteiger partial charge in [-0.3, -0.25) is 4.79 Å². The molecular weight excluding hydrogens is 426 g/mol. The molecule has 31 heavy (non-hydrogen) atoms. The number of aryl methyl sites for hydroxylation is 3. The van der Waals surface area contributed by atoms with Crippen LogP contribution in [-0.4, -0.2) is 25.7 Å². The van der Waals surface area contributed by atoms with Gasteiger partial charge in [-0.25, -0.2) is 9.97 Å². The molecule has 0 atom stereocenters. The lowest BCUT2D eigenvalue weighted by Gasteiger charge is -2.14. The van der Waals surface area contributed by atoms with Gasteiger partial charge < -0.3 is 5.32 Å². The van der Waals surface area contributed by atoms with Crippen molar-refractivity contribution >= 4 is 54.8 Å². The monoisotopic (exact) mass is 445 g/mol. The van der Waals surface area contributed by atoms with E-state index in [2.05, 4.69) is 27.5 Å². The summed E-state index contributed by atoms with van der Waals surface area (Å²) in [5, 5.41) is 8.38. The van der Waals surface area contributed by atoms with Crippen molar-refractivity contribution in [1.29, 1.82) is 0 Å². The first-order chi connectivity index (χ1) is 15.1. The number of nitrogens with zero attached hydrogens (tertiary/aromatic N) is 4. The van der Waals surface area contributed by atoms with Crippen molar-refractivity contribution in [2.24, 2.45) is 0 Å². The molecule has 0 fully saturated rings. The first-order valence-electron chi connectivity index (χ1n) is 10.3. The molecule has 2 aromatic carbocycles. The number of amides is 1. The normalized spacial score (nSPS) is 13.6. The van der Waals surface area contributed by atoms with E-state index in [9.17, 15) is 4.79 Å². The van der Waals surface area contributed by atoms with Crippen molar-refractivity contribution in [3.63, 3.8) is 0 Å². The molecule has 0 saturated carbocycles. The number of rotatable bonds is 3. The molecule has 1 aliphatic rings. The summed E-state index contributed by atoms with van der Waals surface area (Å²) in [6.07, 6.45) is 4.78. The number of carbonyl (C=O) groups is 1. The van der Waals surface area contributed by atoms with Gasteiger partial charge in [0, 0.05) is 11.6 Å². The fraction of sp³-hybridized carbons (Fsp3) is 0.217. The maximum absolute atomic E-state index is 12.9. The van der Waals surface area contributed by atoms with Crippen LogP contribution >= 0.6 is 22.7 Å². The van der Waals surface area contributed by atoms with E-state index in [0.29, 0.717) is 11.4 Å². The summed E-state index contributed by atoms with van der Waals surface area (Å²) in [7, 11) is 0. The second-order valence-corrected chi connectivity index (χ2v) is 9.76. The van der Waals surface area contributed by atoms with E-state index in [4.69, 9.17) is 4.98 Å². The first kappa shape index (κ1) is 18.7. The fourth-order valence-electron chi connectivity index (χ4n) is 4.15. The summed E-state index contributed by atoms with van der Waals surface area (Å²) in [5.74, 6) is 0.448. The Hall–Kier alpha value is -3.10. The molecule has 3 heterocycles. The van der Waals surface area contributed by atoms with Crippen molar-refractivity contribution < 1.29 is 4.79 Å². The van der Waals surface area contributed by atoms with Crippen LogP contribution in [0.1, 0.15) is 40.0 Å². The van der Waals surface area contributed by atoms with Crippen molar-refractivity contribution in [2.45, 2.75) is 32.6 Å². The lowest BCUT2D eigenvalue weighted by molar-refractivity contribution is 0.102. The Morgan fingerprint density at radius 1 is 1.03 bits per heavy atom. The summed E-state index contributed by atoms with van der Waals surface area (Å²) in [6, 6.07) is 11.9. The molecule has 0 spiro atoms. The molecule has 0 unspecified atom stereocenters. The predicted octanol–water partition coefficient (Wildman–Crippen LogP) is 5.53. The van der Waals surface area contributed by atoms with Gasteiger partial charge in [-0.2, -0.15) is 9.78 Å². The Labute approximate surface area is 186 Å². The molecule has 0 radical (unpaired) electrons. The van der Waals surface area contributed by atoms with Crippen LogP contribution in [0.2, 0.25) is 0 Å². The predicted molar refractivity (Wildman–Crippen MR) is 126 cm³/mol. The van der Waals surface area contributed by atoms with E-state index in [-0.39, 0.29) is 5.91 Å². The van der Waals surface area contributed by atoms with Gasteiger partial charge in [0.15, 0.2) is 0 Å². The number of nitrogens with one attached hydrogen (secondary N) is 1. The van der Waals surface area contributed by atoms with Crippen LogP contribution in [0.15, 0.2) is 41.9 Å². The number of anilines is 1. The molecule has 6 rings (SSSR count). The average Bonchev–Trinajstić information content (AvgIpc) is 3.49. The molecule has 6 nitrogen and oxygen atoms in total. The summed E-state index contributed by atoms with van der Waals surface area (Å²) in [6.45, 7) is 1.92. The second kappa shape index (κ2) is 7.25. The molecule has 0 saturated heterocycles. The lowest BCUT2D eigenvalue weighted by atomic mass is 9.92. The molecule has 154 valence electrons. The van der Waals surface area contributed by atoms with E-state index in [1.54, 1.807) is 27.6 Å². The van der Waals surface area contributed by atoms with E-state index in [1.807, 2.05) is 25.1 Å². The highest BCUT2D eigenvalue weighted by molar-refractivity contribution is 7.20. The molecule has 1 N–H and O–H groups in total. The van der Waals surface area contributed by atoms with Crippen LogP contribution in [0, 0.1) is 6.92 Å². The molecular formula is C23H19N5OS2. The fourth-order valence-corrected chi connectivity index (χ4v) is 5.85. The van der Waals surface area contributed by atoms with Crippen molar-refractivity contribution in [2.75, 3.05) is 5.32 Å². The van der Waals surface area contributed by atoms with Crippen LogP contribution in [0.4, 0.5) is 5.82 Å². The van der Waals surface area contributed by atoms with Crippen LogP contribution in [0.25, 0.3) is 25.6 Å². The molecule has 0 aliphatic heterocycles. The molecule has 1 amide bonds. The van der Waals surface area contributed by atoms with Gasteiger partial charge in [0.05, 0.1) is 31.6 Å².